The molecular weight excluding hydrogens is 1030 g/mol. The van der Waals surface area contributed by atoms with E-state index < -0.39 is 11.1 Å². The second-order valence-electron chi connectivity index (χ2n) is 19.3. The highest BCUT2D eigenvalue weighted by Crippen LogP contribution is 2.43. The minimum absolute atomic E-state index is 0.187. The predicted molar refractivity (Wildman–Crippen MR) is 316 cm³/mol. The van der Waals surface area contributed by atoms with Crippen LogP contribution < -0.4 is 18.9 Å². The first kappa shape index (κ1) is 53.1. The van der Waals surface area contributed by atoms with Gasteiger partial charge < -0.3 is 28.1 Å². The van der Waals surface area contributed by atoms with Crippen molar-refractivity contribution in [3.8, 4) is 29.1 Å². The predicted octanol–water partition coefficient (Wildman–Crippen LogP) is 13.1. The fraction of sp³-hybridized carbons (Fsp3) is 0.149. The van der Waals surface area contributed by atoms with Gasteiger partial charge in [0.1, 0.15) is 11.1 Å². The van der Waals surface area contributed by atoms with Crippen LogP contribution in [0.1, 0.15) is 56.2 Å². The number of nitriles is 1. The van der Waals surface area contributed by atoms with Crippen LogP contribution in [0.3, 0.4) is 0 Å². The molecule has 0 aliphatic heterocycles. The molecular formula is C67H58ClN9O4. The summed E-state index contributed by atoms with van der Waals surface area (Å²) in [6, 6.07) is 73.1. The van der Waals surface area contributed by atoms with Gasteiger partial charge >= 0.3 is 0 Å². The van der Waals surface area contributed by atoms with Crippen molar-refractivity contribution in [1.82, 2.24) is 38.7 Å². The minimum atomic E-state index is -0.649. The molecule has 0 atom stereocenters. The van der Waals surface area contributed by atoms with Gasteiger partial charge in [0.15, 0.2) is 23.0 Å². The molecule has 0 aliphatic rings. The van der Waals surface area contributed by atoms with Gasteiger partial charge in [-0.2, -0.15) is 15.5 Å². The standard InChI is InChI=1S/C34H29N5O2.C33H29ClN4O2/c1-40-32-20-29-30(18-19-35)37-39(31(29)21-33(32)41-2)23-28-22-38(24-36-28)34(25-12-6-3-7-13-25,26-14-8-4-9-15-26)27-16-10-5-11-17-27;1-39-31-18-28-29(20-34)36-38(30(28)19-32(31)40-2)22-27-21-37(23-35-27)33(24-12-6-3-7-13-24,25-14-8-4-9-15-25)26-16-10-5-11-17-26/h3-17,20-22,24H,18,23H2,1-2H3;3-19,21,23H,20,22H2,1-2H3. The summed E-state index contributed by atoms with van der Waals surface area (Å²) in [5.41, 5.74) is 10.4. The van der Waals surface area contributed by atoms with E-state index in [1.54, 1.807) is 28.4 Å². The Balaban J connectivity index is 0.000000170. The number of rotatable bonds is 18. The maximum atomic E-state index is 9.45. The number of methoxy groups -OCH3 is 4. The number of imidazole rings is 2. The lowest BCUT2D eigenvalue weighted by Crippen LogP contribution is -2.36. The fourth-order valence-corrected chi connectivity index (χ4v) is 11.4. The zero-order valence-electron chi connectivity index (χ0n) is 45.3. The van der Waals surface area contributed by atoms with E-state index in [-0.39, 0.29) is 12.3 Å². The van der Waals surface area contributed by atoms with Crippen LogP contribution in [0, 0.1) is 11.3 Å². The first-order valence-corrected chi connectivity index (χ1v) is 27.0. The van der Waals surface area contributed by atoms with Gasteiger partial charge in [0.05, 0.1) is 106 Å². The third-order valence-corrected chi connectivity index (χ3v) is 15.1. The Morgan fingerprint density at radius 2 is 0.728 bits per heavy atom. The highest BCUT2D eigenvalue weighted by Gasteiger charge is 2.40. The Morgan fingerprint density at radius 3 is 1.02 bits per heavy atom. The molecule has 0 N–H and O–H groups in total. The number of nitrogens with zero attached hydrogens (tertiary/aromatic N) is 9. The molecule has 0 spiro atoms. The summed E-state index contributed by atoms with van der Waals surface area (Å²) >= 11 is 6.29. The van der Waals surface area contributed by atoms with Crippen LogP contribution in [-0.2, 0) is 36.5 Å². The normalized spacial score (nSPS) is 11.5. The van der Waals surface area contributed by atoms with Gasteiger partial charge in [-0.05, 0) is 45.5 Å². The first-order chi connectivity index (χ1) is 39.9. The maximum absolute atomic E-state index is 9.45. The van der Waals surface area contributed by atoms with Crippen LogP contribution in [0.25, 0.3) is 21.8 Å². The summed E-state index contributed by atoms with van der Waals surface area (Å²) in [5, 5.41) is 20.9. The molecule has 0 unspecified atom stereocenters. The molecule has 0 fully saturated rings. The highest BCUT2D eigenvalue weighted by molar-refractivity contribution is 6.17. The number of ether oxygens (including phenoxy) is 4. The summed E-state index contributed by atoms with van der Waals surface area (Å²) in [6.07, 6.45) is 8.20. The van der Waals surface area contributed by atoms with Crippen molar-refractivity contribution in [2.75, 3.05) is 28.4 Å². The van der Waals surface area contributed by atoms with E-state index in [1.807, 2.05) is 82.7 Å². The van der Waals surface area contributed by atoms with Crippen molar-refractivity contribution in [2.45, 2.75) is 36.5 Å². The van der Waals surface area contributed by atoms with E-state index in [0.29, 0.717) is 41.8 Å². The summed E-state index contributed by atoms with van der Waals surface area (Å²) in [6.45, 7) is 0.878. The van der Waals surface area contributed by atoms with E-state index in [9.17, 15) is 5.26 Å². The third kappa shape index (κ3) is 9.91. The number of alkyl halides is 1. The van der Waals surface area contributed by atoms with Crippen molar-refractivity contribution >= 4 is 33.4 Å². The van der Waals surface area contributed by atoms with E-state index in [2.05, 4.69) is 173 Å². The van der Waals surface area contributed by atoms with Crippen LogP contribution in [0.5, 0.6) is 23.0 Å². The van der Waals surface area contributed by atoms with Crippen LogP contribution in [0.4, 0.5) is 0 Å². The molecule has 0 radical (unpaired) electrons. The van der Waals surface area contributed by atoms with Crippen molar-refractivity contribution < 1.29 is 18.9 Å². The second kappa shape index (κ2) is 23.6. The molecule has 81 heavy (non-hydrogen) atoms. The highest BCUT2D eigenvalue weighted by atomic mass is 35.5. The minimum Gasteiger partial charge on any atom is -0.493 e. The number of fused-ring (bicyclic) bond motifs is 2. The molecule has 4 aromatic heterocycles. The Hall–Kier alpha value is -9.90. The Kier molecular flexibility index (Phi) is 15.5. The van der Waals surface area contributed by atoms with Crippen LogP contribution in [0.15, 0.2) is 231 Å². The molecule has 0 saturated heterocycles. The lowest BCUT2D eigenvalue weighted by Gasteiger charge is -2.37. The van der Waals surface area contributed by atoms with Gasteiger partial charge in [0.25, 0.3) is 0 Å². The quantitative estimate of drug-likeness (QED) is 0.0608. The molecule has 0 aliphatic carbocycles. The maximum Gasteiger partial charge on any atom is 0.162 e. The second-order valence-corrected chi connectivity index (χ2v) is 19.6. The largest absolute Gasteiger partial charge is 0.493 e. The van der Waals surface area contributed by atoms with Crippen LogP contribution >= 0.6 is 11.6 Å². The van der Waals surface area contributed by atoms with Gasteiger partial charge in [0.2, 0.25) is 0 Å². The molecule has 14 heteroatoms. The number of hydrogen-bond donors (Lipinski definition) is 0. The average Bonchev–Trinajstić information content (AvgIpc) is 4.48. The van der Waals surface area contributed by atoms with Crippen molar-refractivity contribution in [2.24, 2.45) is 0 Å². The fourth-order valence-electron chi connectivity index (χ4n) is 11.2. The molecule has 12 rings (SSSR count). The van der Waals surface area contributed by atoms with Gasteiger partial charge in [0, 0.05) is 35.3 Å². The molecule has 0 bridgehead atoms. The van der Waals surface area contributed by atoms with Gasteiger partial charge in [-0.25, -0.2) is 9.97 Å². The van der Waals surface area contributed by atoms with E-state index in [0.717, 1.165) is 72.3 Å². The van der Waals surface area contributed by atoms with E-state index in [4.69, 9.17) is 50.7 Å². The first-order valence-electron chi connectivity index (χ1n) is 26.4. The molecule has 4 heterocycles. The molecule has 13 nitrogen and oxygen atoms in total. The summed E-state index contributed by atoms with van der Waals surface area (Å²) in [5.74, 6) is 2.77. The van der Waals surface area contributed by atoms with Crippen LogP contribution in [-0.4, -0.2) is 67.1 Å². The van der Waals surface area contributed by atoms with E-state index in [1.165, 1.54) is 0 Å². The lowest BCUT2D eigenvalue weighted by atomic mass is 9.77. The smallest absolute Gasteiger partial charge is 0.162 e. The summed E-state index contributed by atoms with van der Waals surface area (Å²) < 4.78 is 30.4. The summed E-state index contributed by atoms with van der Waals surface area (Å²) in [4.78, 5) is 9.76. The number of halogens is 1. The van der Waals surface area contributed by atoms with Crippen molar-refractivity contribution in [1.29, 1.82) is 5.26 Å². The third-order valence-electron chi connectivity index (χ3n) is 14.9. The van der Waals surface area contributed by atoms with Gasteiger partial charge in [-0.1, -0.05) is 182 Å². The molecule has 0 saturated carbocycles. The summed E-state index contributed by atoms with van der Waals surface area (Å²) in [7, 11) is 6.46. The zero-order valence-corrected chi connectivity index (χ0v) is 46.1. The number of benzene rings is 8. The number of hydrogen-bond acceptors (Lipinski definition) is 9. The Bertz CT molecular complexity index is 3890. The van der Waals surface area contributed by atoms with Crippen molar-refractivity contribution in [3.05, 3.63) is 287 Å². The molecule has 402 valence electrons. The molecule has 0 amide bonds. The SMILES string of the molecule is COc1cc2c(CC#N)nn(Cc3cn(C(c4ccccc4)(c4ccccc4)c4ccccc4)cn3)c2cc1OC.COc1cc2c(CCl)nn(Cc3cn(C(c4ccccc4)(c4ccccc4)c4ccccc4)cn3)c2cc1OC. The Labute approximate surface area is 475 Å². The van der Waals surface area contributed by atoms with Crippen molar-refractivity contribution in [3.63, 3.8) is 0 Å². The molecule has 12 aromatic rings. The van der Waals surface area contributed by atoms with E-state index >= 15 is 0 Å². The van der Waals surface area contributed by atoms with Gasteiger partial charge in [-0.15, -0.1) is 11.6 Å². The zero-order chi connectivity index (χ0) is 55.8. The lowest BCUT2D eigenvalue weighted by molar-refractivity contribution is 0.355. The number of aromatic nitrogens is 8. The Morgan fingerprint density at radius 1 is 0.432 bits per heavy atom. The average molecular weight is 1090 g/mol. The monoisotopic (exact) mass is 1090 g/mol. The van der Waals surface area contributed by atoms with Crippen LogP contribution in [0.2, 0.25) is 0 Å². The molecule has 8 aromatic carbocycles. The van der Waals surface area contributed by atoms with Gasteiger partial charge in [-0.3, -0.25) is 9.36 Å². The topological polar surface area (TPSA) is 132 Å².